The SMILES string of the molecule is N=C1N[C@H]2[C@H](CN3C(=O)CCC3=O)NC(=N)N3CC(NC(=O)c4ccccc4C(F)(F)F)C(O)(O)[C@]23N1. The van der Waals surface area contributed by atoms with Gasteiger partial charge in [-0.1, -0.05) is 12.1 Å². The van der Waals surface area contributed by atoms with Gasteiger partial charge in [0.05, 0.1) is 29.8 Å². The van der Waals surface area contributed by atoms with E-state index in [1.54, 1.807) is 0 Å². The summed E-state index contributed by atoms with van der Waals surface area (Å²) in [4.78, 5) is 39.3. The van der Waals surface area contributed by atoms with Crippen molar-refractivity contribution in [2.75, 3.05) is 13.1 Å². The van der Waals surface area contributed by atoms with E-state index < -0.39 is 71.1 Å². The molecule has 4 atom stereocenters. The second kappa shape index (κ2) is 8.04. The number of alkyl halides is 3. The second-order valence-corrected chi connectivity index (χ2v) is 9.29. The summed E-state index contributed by atoms with van der Waals surface area (Å²) in [6, 6.07) is 0.341. The van der Waals surface area contributed by atoms with Crippen molar-refractivity contribution in [2.24, 2.45) is 0 Å². The Hall–Kier alpha value is -3.92. The summed E-state index contributed by atoms with van der Waals surface area (Å²) in [6.45, 7) is -0.667. The van der Waals surface area contributed by atoms with Gasteiger partial charge in [-0.3, -0.25) is 30.1 Å². The molecule has 37 heavy (non-hydrogen) atoms. The Morgan fingerprint density at radius 2 is 1.78 bits per heavy atom. The Morgan fingerprint density at radius 1 is 1.14 bits per heavy atom. The lowest BCUT2D eigenvalue weighted by atomic mass is 9.84. The minimum atomic E-state index is -4.84. The molecule has 4 aliphatic heterocycles. The monoisotopic (exact) mass is 524 g/mol. The molecule has 1 aromatic rings. The minimum absolute atomic E-state index is 0.0177. The lowest BCUT2D eigenvalue weighted by Crippen LogP contribution is -2.81. The van der Waals surface area contributed by atoms with Crippen LogP contribution in [-0.4, -0.2) is 92.3 Å². The Labute approximate surface area is 207 Å². The van der Waals surface area contributed by atoms with Crippen molar-refractivity contribution in [1.29, 1.82) is 10.8 Å². The lowest BCUT2D eigenvalue weighted by molar-refractivity contribution is -0.232. The number of halogens is 3. The third-order valence-electron chi connectivity index (χ3n) is 7.21. The molecule has 4 aliphatic rings. The molecule has 0 saturated carbocycles. The van der Waals surface area contributed by atoms with Gasteiger partial charge in [-0.05, 0) is 12.1 Å². The molecular formula is C21H23F3N8O5. The van der Waals surface area contributed by atoms with Gasteiger partial charge in [0.25, 0.3) is 5.91 Å². The predicted octanol–water partition coefficient (Wildman–Crippen LogP) is -1.95. The van der Waals surface area contributed by atoms with Gasteiger partial charge in [0, 0.05) is 19.4 Å². The summed E-state index contributed by atoms with van der Waals surface area (Å²) in [6.07, 6.45) is -4.80. The van der Waals surface area contributed by atoms with Crippen LogP contribution in [0, 0.1) is 10.8 Å². The number of carbonyl (C=O) groups is 3. The first-order chi connectivity index (χ1) is 17.3. The molecule has 0 radical (unpaired) electrons. The van der Waals surface area contributed by atoms with Crippen LogP contribution in [0.15, 0.2) is 24.3 Å². The number of hydrogen-bond donors (Lipinski definition) is 8. The minimum Gasteiger partial charge on any atom is -0.361 e. The van der Waals surface area contributed by atoms with Crippen molar-refractivity contribution in [1.82, 2.24) is 31.1 Å². The molecule has 198 valence electrons. The van der Waals surface area contributed by atoms with Crippen molar-refractivity contribution < 1.29 is 37.8 Å². The van der Waals surface area contributed by atoms with Crippen LogP contribution in [0.25, 0.3) is 0 Å². The van der Waals surface area contributed by atoms with Crippen LogP contribution in [0.4, 0.5) is 13.2 Å². The van der Waals surface area contributed by atoms with E-state index in [0.717, 1.165) is 28.0 Å². The first kappa shape index (κ1) is 24.8. The molecule has 1 aromatic carbocycles. The van der Waals surface area contributed by atoms with Crippen LogP contribution in [0.1, 0.15) is 28.8 Å². The molecule has 0 aromatic heterocycles. The maximum atomic E-state index is 13.4. The van der Waals surface area contributed by atoms with Crippen molar-refractivity contribution in [3.63, 3.8) is 0 Å². The molecule has 16 heteroatoms. The number of benzene rings is 1. The second-order valence-electron chi connectivity index (χ2n) is 9.29. The standard InChI is InChI=1S/C21H23F3N8O5/c22-21(23,24)10-4-2-1-3-9(10)16(35)28-12-8-32-18(26)27-11(7-31-13(33)5-6-14(31)34)15-19(32,20(12,36)37)30-17(25)29-15/h1-4,11-12,15,36-37H,5-8H2,(H2,26,27)(H,28,35)(H3,25,29,30)/t11-,12?,15-,19-/m0/s1. The average Bonchev–Trinajstić information content (AvgIpc) is 3.41. The van der Waals surface area contributed by atoms with Gasteiger partial charge in [0.2, 0.25) is 17.6 Å². The fourth-order valence-electron chi connectivity index (χ4n) is 5.52. The number of nitrogens with zero attached hydrogens (tertiary/aromatic N) is 2. The smallest absolute Gasteiger partial charge is 0.361 e. The van der Waals surface area contributed by atoms with Gasteiger partial charge >= 0.3 is 6.18 Å². The van der Waals surface area contributed by atoms with E-state index in [1.165, 1.54) is 6.07 Å². The Bertz CT molecular complexity index is 1210. The topological polar surface area (TPSA) is 194 Å². The third kappa shape index (κ3) is 3.58. The molecular weight excluding hydrogens is 501 g/mol. The quantitative estimate of drug-likeness (QED) is 0.163. The molecule has 5 rings (SSSR count). The maximum Gasteiger partial charge on any atom is 0.417 e. The zero-order valence-corrected chi connectivity index (χ0v) is 19.0. The van der Waals surface area contributed by atoms with Gasteiger partial charge in [0.1, 0.15) is 6.04 Å². The fraction of sp³-hybridized carbons (Fsp3) is 0.476. The molecule has 1 spiro atoms. The highest BCUT2D eigenvalue weighted by Gasteiger charge is 2.74. The number of aliphatic hydroxyl groups is 2. The van der Waals surface area contributed by atoms with Crippen LogP contribution in [0.5, 0.6) is 0 Å². The Kier molecular flexibility index (Phi) is 5.38. The molecule has 1 unspecified atom stereocenters. The number of rotatable bonds is 4. The normalized spacial score (nSPS) is 30.5. The summed E-state index contributed by atoms with van der Waals surface area (Å²) in [5.74, 6) is -5.75. The first-order valence-corrected chi connectivity index (χ1v) is 11.3. The van der Waals surface area contributed by atoms with Crippen molar-refractivity contribution >= 4 is 29.6 Å². The summed E-state index contributed by atoms with van der Waals surface area (Å²) in [5.41, 5.74) is -3.98. The van der Waals surface area contributed by atoms with E-state index >= 15 is 0 Å². The lowest BCUT2D eigenvalue weighted by Gasteiger charge is -2.51. The van der Waals surface area contributed by atoms with Crippen LogP contribution in [-0.2, 0) is 15.8 Å². The zero-order chi connectivity index (χ0) is 26.9. The first-order valence-electron chi connectivity index (χ1n) is 11.3. The number of guanidine groups is 2. The molecule has 8 N–H and O–H groups in total. The molecule has 13 nitrogen and oxygen atoms in total. The molecule has 4 saturated heterocycles. The van der Waals surface area contributed by atoms with E-state index in [4.69, 9.17) is 10.8 Å². The zero-order valence-electron chi connectivity index (χ0n) is 19.0. The maximum absolute atomic E-state index is 13.4. The van der Waals surface area contributed by atoms with Crippen LogP contribution >= 0.6 is 0 Å². The Balaban J connectivity index is 1.47. The summed E-state index contributed by atoms with van der Waals surface area (Å²) >= 11 is 0. The van der Waals surface area contributed by atoms with E-state index in [-0.39, 0.29) is 31.3 Å². The summed E-state index contributed by atoms with van der Waals surface area (Å²) < 4.78 is 40.3. The molecule has 4 heterocycles. The van der Waals surface area contributed by atoms with E-state index in [2.05, 4.69) is 21.3 Å². The third-order valence-corrected chi connectivity index (χ3v) is 7.21. The molecule has 0 aliphatic carbocycles. The number of likely N-dealkylation sites (tertiary alicyclic amines) is 1. The highest BCUT2D eigenvalue weighted by molar-refractivity contribution is 6.02. The van der Waals surface area contributed by atoms with E-state index in [1.807, 2.05) is 0 Å². The van der Waals surface area contributed by atoms with Crippen LogP contribution < -0.4 is 21.3 Å². The molecule has 0 bridgehead atoms. The van der Waals surface area contributed by atoms with E-state index in [9.17, 15) is 37.8 Å². The van der Waals surface area contributed by atoms with Crippen LogP contribution in [0.3, 0.4) is 0 Å². The highest BCUT2D eigenvalue weighted by atomic mass is 19.4. The largest absolute Gasteiger partial charge is 0.417 e. The number of carbonyl (C=O) groups excluding carboxylic acids is 3. The molecule has 4 fully saturated rings. The number of amides is 3. The number of hydrogen-bond acceptors (Lipinski definition) is 7. The van der Waals surface area contributed by atoms with Gasteiger partial charge in [-0.25, -0.2) is 0 Å². The van der Waals surface area contributed by atoms with Gasteiger partial charge in [-0.15, -0.1) is 0 Å². The summed E-state index contributed by atoms with van der Waals surface area (Å²) in [7, 11) is 0. The van der Waals surface area contributed by atoms with Crippen molar-refractivity contribution in [3.05, 3.63) is 35.4 Å². The van der Waals surface area contributed by atoms with Crippen molar-refractivity contribution in [2.45, 2.75) is 48.6 Å². The molecule has 3 amide bonds. The average molecular weight is 524 g/mol. The summed E-state index contributed by atoms with van der Waals surface area (Å²) in [5, 5.41) is 49.6. The van der Waals surface area contributed by atoms with E-state index in [0.29, 0.717) is 0 Å². The van der Waals surface area contributed by atoms with Crippen LogP contribution in [0.2, 0.25) is 0 Å². The van der Waals surface area contributed by atoms with Gasteiger partial charge in [-0.2, -0.15) is 13.2 Å². The van der Waals surface area contributed by atoms with Gasteiger partial charge < -0.3 is 36.4 Å². The highest BCUT2D eigenvalue weighted by Crippen LogP contribution is 2.43. The number of nitrogens with one attached hydrogen (secondary N) is 6. The van der Waals surface area contributed by atoms with Gasteiger partial charge in [0.15, 0.2) is 17.6 Å². The Morgan fingerprint density at radius 3 is 2.43 bits per heavy atom. The fourth-order valence-corrected chi connectivity index (χ4v) is 5.52. The number of imide groups is 1. The van der Waals surface area contributed by atoms with Crippen molar-refractivity contribution in [3.8, 4) is 0 Å². The predicted molar refractivity (Wildman–Crippen MR) is 118 cm³/mol.